The summed E-state index contributed by atoms with van der Waals surface area (Å²) < 4.78 is 50.6. The number of benzene rings is 2. The Morgan fingerprint density at radius 1 is 1.10 bits per heavy atom. The first-order valence-electron chi connectivity index (χ1n) is 7.89. The fourth-order valence-electron chi connectivity index (χ4n) is 2.30. The van der Waals surface area contributed by atoms with Crippen LogP contribution in [0.3, 0.4) is 0 Å². The van der Waals surface area contributed by atoms with Crippen molar-refractivity contribution < 1.29 is 31.9 Å². The number of anilines is 2. The summed E-state index contributed by atoms with van der Waals surface area (Å²) in [5.74, 6) is -1.82. The number of alkyl halides is 3. The van der Waals surface area contributed by atoms with Gasteiger partial charge in [0, 0.05) is 24.4 Å². The van der Waals surface area contributed by atoms with Crippen molar-refractivity contribution in [2.75, 3.05) is 16.4 Å². The lowest BCUT2D eigenvalue weighted by Gasteiger charge is -2.10. The van der Waals surface area contributed by atoms with Gasteiger partial charge in [-0.2, -0.15) is 13.2 Å². The molecule has 2 aromatic carbocycles. The number of carbonyl (C=O) groups excluding carboxylic acids is 2. The van der Waals surface area contributed by atoms with Crippen LogP contribution in [0.2, 0.25) is 0 Å². The van der Waals surface area contributed by atoms with Gasteiger partial charge in [-0.1, -0.05) is 6.07 Å². The third-order valence-electron chi connectivity index (χ3n) is 3.46. The van der Waals surface area contributed by atoms with Crippen molar-refractivity contribution in [3.63, 3.8) is 0 Å². The Labute approximate surface area is 164 Å². The molecule has 29 heavy (non-hydrogen) atoms. The monoisotopic (exact) mass is 429 g/mol. The maximum absolute atomic E-state index is 12.7. The standard InChI is InChI=1S/C17H14F3N3O5S/c1-10(24)21-12-3-2-4-13(8-12)22-16(25)9-29(28)15-6-5-11(17(18,19)20)7-14(15)23(26)27/h2-8H,9H2,1H3,(H,21,24)(H,22,25). The smallest absolute Gasteiger partial charge is 0.326 e. The molecule has 0 heterocycles. The molecule has 0 aliphatic carbocycles. The summed E-state index contributed by atoms with van der Waals surface area (Å²) >= 11 is 0. The van der Waals surface area contributed by atoms with Crippen molar-refractivity contribution >= 4 is 39.7 Å². The lowest BCUT2D eigenvalue weighted by molar-refractivity contribution is -0.388. The zero-order valence-electron chi connectivity index (χ0n) is 14.8. The molecule has 12 heteroatoms. The number of nitrogens with one attached hydrogen (secondary N) is 2. The second-order valence-corrected chi connectivity index (χ2v) is 7.16. The topological polar surface area (TPSA) is 118 Å². The number of amides is 2. The van der Waals surface area contributed by atoms with Crippen LogP contribution in [-0.4, -0.2) is 26.7 Å². The summed E-state index contributed by atoms with van der Waals surface area (Å²) in [7, 11) is -2.26. The highest BCUT2D eigenvalue weighted by atomic mass is 32.2. The van der Waals surface area contributed by atoms with Gasteiger partial charge in [-0.3, -0.25) is 23.9 Å². The van der Waals surface area contributed by atoms with Gasteiger partial charge in [0.15, 0.2) is 0 Å². The summed E-state index contributed by atoms with van der Waals surface area (Å²) in [6, 6.07) is 7.60. The molecule has 0 fully saturated rings. The summed E-state index contributed by atoms with van der Waals surface area (Å²) in [6.07, 6.45) is -4.80. The van der Waals surface area contributed by atoms with Gasteiger partial charge in [-0.25, -0.2) is 0 Å². The highest BCUT2D eigenvalue weighted by Gasteiger charge is 2.34. The van der Waals surface area contributed by atoms with Crippen LogP contribution in [0.4, 0.5) is 30.2 Å². The van der Waals surface area contributed by atoms with E-state index in [0.717, 1.165) is 6.07 Å². The zero-order valence-corrected chi connectivity index (χ0v) is 15.6. The van der Waals surface area contributed by atoms with E-state index >= 15 is 0 Å². The first-order chi connectivity index (χ1) is 13.5. The predicted octanol–water partition coefficient (Wildman–Crippen LogP) is 3.32. The van der Waals surface area contributed by atoms with Crippen molar-refractivity contribution in [2.45, 2.75) is 18.0 Å². The molecule has 1 unspecified atom stereocenters. The average Bonchev–Trinajstić information content (AvgIpc) is 2.59. The van der Waals surface area contributed by atoms with Gasteiger partial charge in [0.05, 0.1) is 21.3 Å². The molecule has 2 rings (SSSR count). The molecule has 0 bridgehead atoms. The van der Waals surface area contributed by atoms with Crippen LogP contribution in [0.1, 0.15) is 12.5 Å². The molecule has 2 amide bonds. The fraction of sp³-hybridized carbons (Fsp3) is 0.176. The minimum absolute atomic E-state index is 0.264. The molecule has 0 spiro atoms. The van der Waals surface area contributed by atoms with Gasteiger partial charge in [-0.05, 0) is 30.3 Å². The fourth-order valence-corrected chi connectivity index (χ4v) is 3.35. The molecular weight excluding hydrogens is 415 g/mol. The molecule has 0 aliphatic rings. The third-order valence-corrected chi connectivity index (χ3v) is 4.82. The second kappa shape index (κ2) is 8.82. The molecular formula is C17H14F3N3O5S. The normalized spacial score (nSPS) is 12.1. The van der Waals surface area contributed by atoms with E-state index in [1.807, 2.05) is 0 Å². The lowest BCUT2D eigenvalue weighted by Crippen LogP contribution is -2.20. The Kier molecular flexibility index (Phi) is 6.69. The van der Waals surface area contributed by atoms with Crippen molar-refractivity contribution in [1.82, 2.24) is 0 Å². The van der Waals surface area contributed by atoms with Gasteiger partial charge in [0.2, 0.25) is 11.8 Å². The Balaban J connectivity index is 2.16. The lowest BCUT2D eigenvalue weighted by atomic mass is 10.2. The van der Waals surface area contributed by atoms with Gasteiger partial charge >= 0.3 is 6.18 Å². The number of nitro groups is 1. The molecule has 0 radical (unpaired) electrons. The van der Waals surface area contributed by atoms with Crippen LogP contribution in [0.25, 0.3) is 0 Å². The van der Waals surface area contributed by atoms with E-state index in [4.69, 9.17) is 0 Å². The molecule has 0 aromatic heterocycles. The maximum Gasteiger partial charge on any atom is 0.416 e. The highest BCUT2D eigenvalue weighted by molar-refractivity contribution is 7.86. The Morgan fingerprint density at radius 2 is 1.72 bits per heavy atom. The quantitative estimate of drug-likeness (QED) is 0.539. The van der Waals surface area contributed by atoms with E-state index in [9.17, 15) is 37.1 Å². The SMILES string of the molecule is CC(=O)Nc1cccc(NC(=O)CS(=O)c2ccc(C(F)(F)F)cc2[N+](=O)[O-])c1. The van der Waals surface area contributed by atoms with Crippen LogP contribution in [0, 0.1) is 10.1 Å². The first kappa shape index (κ1) is 22.0. The largest absolute Gasteiger partial charge is 0.416 e. The Bertz CT molecular complexity index is 995. The van der Waals surface area contributed by atoms with Gasteiger partial charge in [-0.15, -0.1) is 0 Å². The number of halogens is 3. The summed E-state index contributed by atoms with van der Waals surface area (Å²) in [5, 5.41) is 16.0. The van der Waals surface area contributed by atoms with Crippen LogP contribution in [0.15, 0.2) is 47.4 Å². The summed E-state index contributed by atoms with van der Waals surface area (Å²) in [6.45, 7) is 1.30. The first-order valence-corrected chi connectivity index (χ1v) is 9.21. The van der Waals surface area contributed by atoms with Gasteiger partial charge in [0.1, 0.15) is 10.6 Å². The van der Waals surface area contributed by atoms with E-state index in [2.05, 4.69) is 10.6 Å². The number of hydrogen-bond donors (Lipinski definition) is 2. The molecule has 8 nitrogen and oxygen atoms in total. The third kappa shape index (κ3) is 6.10. The van der Waals surface area contributed by atoms with Crippen LogP contribution in [0.5, 0.6) is 0 Å². The Morgan fingerprint density at radius 3 is 2.28 bits per heavy atom. The molecule has 0 aliphatic heterocycles. The molecule has 2 aromatic rings. The van der Waals surface area contributed by atoms with Crippen molar-refractivity contribution in [1.29, 1.82) is 0 Å². The van der Waals surface area contributed by atoms with Crippen molar-refractivity contribution in [3.05, 3.63) is 58.1 Å². The van der Waals surface area contributed by atoms with E-state index < -0.39 is 49.7 Å². The molecule has 2 N–H and O–H groups in total. The molecule has 0 saturated heterocycles. The summed E-state index contributed by atoms with van der Waals surface area (Å²) in [5.41, 5.74) is -1.59. The van der Waals surface area contributed by atoms with Gasteiger partial charge < -0.3 is 10.6 Å². The number of nitrogens with zero attached hydrogens (tertiary/aromatic N) is 1. The van der Waals surface area contributed by atoms with Gasteiger partial charge in [0.25, 0.3) is 5.69 Å². The minimum atomic E-state index is -4.80. The number of nitro benzene ring substituents is 1. The van der Waals surface area contributed by atoms with E-state index in [1.165, 1.54) is 19.1 Å². The number of rotatable bonds is 6. The van der Waals surface area contributed by atoms with E-state index in [-0.39, 0.29) is 17.7 Å². The second-order valence-electron chi connectivity index (χ2n) is 5.74. The number of hydrogen-bond acceptors (Lipinski definition) is 5. The molecule has 0 saturated carbocycles. The predicted molar refractivity (Wildman–Crippen MR) is 98.7 cm³/mol. The molecule has 154 valence electrons. The molecule has 1 atom stereocenters. The number of carbonyl (C=O) groups is 2. The van der Waals surface area contributed by atoms with E-state index in [0.29, 0.717) is 11.8 Å². The van der Waals surface area contributed by atoms with Crippen LogP contribution >= 0.6 is 0 Å². The van der Waals surface area contributed by atoms with Crippen molar-refractivity contribution in [2.24, 2.45) is 0 Å². The average molecular weight is 429 g/mol. The zero-order chi connectivity index (χ0) is 21.8. The van der Waals surface area contributed by atoms with Crippen LogP contribution in [-0.2, 0) is 26.6 Å². The van der Waals surface area contributed by atoms with Crippen molar-refractivity contribution in [3.8, 4) is 0 Å². The summed E-state index contributed by atoms with van der Waals surface area (Å²) in [4.78, 5) is 32.6. The maximum atomic E-state index is 12.7. The van der Waals surface area contributed by atoms with Crippen LogP contribution < -0.4 is 10.6 Å². The van der Waals surface area contributed by atoms with E-state index in [1.54, 1.807) is 12.1 Å². The highest BCUT2D eigenvalue weighted by Crippen LogP contribution is 2.34. The minimum Gasteiger partial charge on any atom is -0.326 e. The Hall–Kier alpha value is -3.28.